The molecule has 0 saturated carbocycles. The molecule has 0 N–H and O–H groups in total. The second kappa shape index (κ2) is 8.50. The zero-order valence-corrected chi connectivity index (χ0v) is 17.9. The molecule has 12 heteroatoms. The van der Waals surface area contributed by atoms with E-state index in [0.29, 0.717) is 0 Å². The van der Waals surface area contributed by atoms with Crippen molar-refractivity contribution in [2.75, 3.05) is 31.1 Å². The maximum Gasteiger partial charge on any atom is 0.416 e. The summed E-state index contributed by atoms with van der Waals surface area (Å²) in [5, 5.41) is 0. The zero-order chi connectivity index (χ0) is 24.0. The van der Waals surface area contributed by atoms with Crippen LogP contribution in [-0.4, -0.2) is 61.7 Å². The number of hydrogen-bond donors (Lipinski definition) is 0. The monoisotopic (exact) mass is 485 g/mol. The van der Waals surface area contributed by atoms with Crippen molar-refractivity contribution in [2.24, 2.45) is 0 Å². The van der Waals surface area contributed by atoms with Crippen LogP contribution in [0, 0.1) is 5.82 Å². The van der Waals surface area contributed by atoms with E-state index >= 15 is 0 Å². The van der Waals surface area contributed by atoms with Crippen molar-refractivity contribution >= 4 is 27.5 Å². The standard InChI is InChI=1S/C21H19F4N3O4S/c22-16-6-1-2-7-18(16)33(31,32)27-10-8-26(9-11-27)17-13-19(29)28(20(17)30)15-5-3-4-14(12-15)21(23,24)25/h1-7,12,17H,8-11,13H2. The van der Waals surface area contributed by atoms with Crippen LogP contribution in [0.2, 0.25) is 0 Å². The Balaban J connectivity index is 1.47. The Morgan fingerprint density at radius 2 is 1.58 bits per heavy atom. The van der Waals surface area contributed by atoms with Gasteiger partial charge in [-0.2, -0.15) is 17.5 Å². The molecule has 4 rings (SSSR count). The van der Waals surface area contributed by atoms with E-state index in [4.69, 9.17) is 0 Å². The molecule has 2 amide bonds. The van der Waals surface area contributed by atoms with Gasteiger partial charge >= 0.3 is 6.18 Å². The Morgan fingerprint density at radius 3 is 2.21 bits per heavy atom. The van der Waals surface area contributed by atoms with Gasteiger partial charge < -0.3 is 0 Å². The van der Waals surface area contributed by atoms with E-state index in [-0.39, 0.29) is 38.3 Å². The third kappa shape index (κ3) is 4.37. The number of benzene rings is 2. The SMILES string of the molecule is O=C1CC(N2CCN(S(=O)(=O)c3ccccc3F)CC2)C(=O)N1c1cccc(C(F)(F)F)c1. The van der Waals surface area contributed by atoms with Crippen LogP contribution in [0.5, 0.6) is 0 Å². The Hall–Kier alpha value is -2.83. The van der Waals surface area contributed by atoms with Gasteiger partial charge in [-0.1, -0.05) is 18.2 Å². The van der Waals surface area contributed by atoms with Crippen LogP contribution in [0.25, 0.3) is 0 Å². The minimum atomic E-state index is -4.62. The van der Waals surface area contributed by atoms with E-state index in [0.717, 1.165) is 33.5 Å². The molecule has 2 fully saturated rings. The Kier molecular flexibility index (Phi) is 6.01. The Bertz CT molecular complexity index is 1190. The van der Waals surface area contributed by atoms with Gasteiger partial charge in [-0.05, 0) is 30.3 Å². The maximum absolute atomic E-state index is 14.0. The highest BCUT2D eigenvalue weighted by Gasteiger charge is 2.45. The van der Waals surface area contributed by atoms with E-state index in [2.05, 4.69) is 0 Å². The molecular weight excluding hydrogens is 466 g/mol. The van der Waals surface area contributed by atoms with Crippen molar-refractivity contribution in [1.82, 2.24) is 9.21 Å². The first kappa shape index (κ1) is 23.3. The third-order valence-corrected chi connectivity index (χ3v) is 7.65. The number of carbonyl (C=O) groups is 2. The summed E-state index contributed by atoms with van der Waals surface area (Å²) in [6.45, 7) is 0.151. The lowest BCUT2D eigenvalue weighted by Crippen LogP contribution is -2.53. The molecule has 7 nitrogen and oxygen atoms in total. The Morgan fingerprint density at radius 1 is 0.909 bits per heavy atom. The first-order valence-corrected chi connectivity index (χ1v) is 11.5. The number of anilines is 1. The summed E-state index contributed by atoms with van der Waals surface area (Å²) < 4.78 is 79.7. The molecule has 2 aliphatic heterocycles. The number of hydrogen-bond acceptors (Lipinski definition) is 5. The smallest absolute Gasteiger partial charge is 0.289 e. The van der Waals surface area contributed by atoms with Crippen LogP contribution in [-0.2, 0) is 25.8 Å². The fraction of sp³-hybridized carbons (Fsp3) is 0.333. The van der Waals surface area contributed by atoms with Crippen LogP contribution in [0.15, 0.2) is 53.4 Å². The van der Waals surface area contributed by atoms with Crippen molar-refractivity contribution < 1.29 is 35.6 Å². The average molecular weight is 485 g/mol. The predicted molar refractivity (Wildman–Crippen MR) is 109 cm³/mol. The van der Waals surface area contributed by atoms with Gasteiger partial charge in [0.05, 0.1) is 23.7 Å². The summed E-state index contributed by atoms with van der Waals surface area (Å²) in [7, 11) is -4.07. The van der Waals surface area contributed by atoms with Gasteiger partial charge in [0.1, 0.15) is 10.7 Å². The third-order valence-electron chi connectivity index (χ3n) is 5.72. The van der Waals surface area contributed by atoms with Crippen molar-refractivity contribution in [3.8, 4) is 0 Å². The van der Waals surface area contributed by atoms with E-state index in [1.54, 1.807) is 4.90 Å². The lowest BCUT2D eigenvalue weighted by Gasteiger charge is -2.36. The Labute approximate surface area is 187 Å². The summed E-state index contributed by atoms with van der Waals surface area (Å²) in [5.41, 5.74) is -1.14. The molecule has 2 aromatic rings. The zero-order valence-electron chi connectivity index (χ0n) is 17.1. The molecule has 2 saturated heterocycles. The molecule has 0 bridgehead atoms. The molecule has 0 aromatic heterocycles. The number of sulfonamides is 1. The van der Waals surface area contributed by atoms with Crippen LogP contribution >= 0.6 is 0 Å². The minimum Gasteiger partial charge on any atom is -0.289 e. The topological polar surface area (TPSA) is 78.0 Å². The molecule has 2 aliphatic rings. The molecule has 1 atom stereocenters. The number of halogens is 4. The summed E-state index contributed by atoms with van der Waals surface area (Å²) in [5.74, 6) is -2.16. The van der Waals surface area contributed by atoms with Crippen LogP contribution in [0.3, 0.4) is 0 Å². The quantitative estimate of drug-likeness (QED) is 0.491. The normalized spacial score (nSPS) is 21.1. The number of nitrogens with zero attached hydrogens (tertiary/aromatic N) is 3. The number of imide groups is 1. The largest absolute Gasteiger partial charge is 0.416 e. The molecule has 176 valence electrons. The lowest BCUT2D eigenvalue weighted by molar-refractivity contribution is -0.137. The lowest BCUT2D eigenvalue weighted by atomic mass is 10.1. The van der Waals surface area contributed by atoms with E-state index in [1.807, 2.05) is 0 Å². The minimum absolute atomic E-state index is 0.0296. The molecule has 33 heavy (non-hydrogen) atoms. The summed E-state index contributed by atoms with van der Waals surface area (Å²) in [6, 6.07) is 8.08. The molecule has 0 spiro atoms. The fourth-order valence-electron chi connectivity index (χ4n) is 4.04. The molecular formula is C21H19F4N3O4S. The first-order valence-electron chi connectivity index (χ1n) is 10.0. The molecule has 2 heterocycles. The number of rotatable bonds is 4. The van der Waals surface area contributed by atoms with E-state index < -0.39 is 50.3 Å². The van der Waals surface area contributed by atoms with Gasteiger partial charge in [-0.3, -0.25) is 14.5 Å². The summed E-state index contributed by atoms with van der Waals surface area (Å²) in [6.07, 6.45) is -4.85. The number of amides is 2. The van der Waals surface area contributed by atoms with Crippen molar-refractivity contribution in [2.45, 2.75) is 23.5 Å². The average Bonchev–Trinajstić information content (AvgIpc) is 3.07. The van der Waals surface area contributed by atoms with Gasteiger partial charge in [0.25, 0.3) is 5.91 Å². The van der Waals surface area contributed by atoms with Crippen molar-refractivity contribution in [3.05, 3.63) is 59.9 Å². The highest BCUT2D eigenvalue weighted by atomic mass is 32.2. The van der Waals surface area contributed by atoms with E-state index in [1.165, 1.54) is 24.3 Å². The second-order valence-corrected chi connectivity index (χ2v) is 9.61. The molecule has 2 aromatic carbocycles. The van der Waals surface area contributed by atoms with Crippen molar-refractivity contribution in [1.29, 1.82) is 0 Å². The summed E-state index contributed by atoms with van der Waals surface area (Å²) in [4.78, 5) is 27.3. The van der Waals surface area contributed by atoms with Gasteiger partial charge in [0.2, 0.25) is 15.9 Å². The molecule has 0 aliphatic carbocycles. The highest BCUT2D eigenvalue weighted by Crippen LogP contribution is 2.34. The first-order chi connectivity index (χ1) is 15.5. The summed E-state index contributed by atoms with van der Waals surface area (Å²) >= 11 is 0. The number of carbonyl (C=O) groups excluding carboxylic acids is 2. The van der Waals surface area contributed by atoms with Crippen LogP contribution in [0.1, 0.15) is 12.0 Å². The molecule has 0 radical (unpaired) electrons. The van der Waals surface area contributed by atoms with Crippen LogP contribution < -0.4 is 4.90 Å². The maximum atomic E-state index is 14.0. The van der Waals surface area contributed by atoms with Crippen LogP contribution in [0.4, 0.5) is 23.2 Å². The van der Waals surface area contributed by atoms with Gasteiger partial charge in [-0.15, -0.1) is 0 Å². The highest BCUT2D eigenvalue weighted by molar-refractivity contribution is 7.89. The fourth-order valence-corrected chi connectivity index (χ4v) is 5.53. The number of piperazine rings is 1. The van der Waals surface area contributed by atoms with Crippen molar-refractivity contribution in [3.63, 3.8) is 0 Å². The molecule has 1 unspecified atom stereocenters. The second-order valence-electron chi connectivity index (χ2n) is 7.71. The predicted octanol–water partition coefficient (Wildman–Crippen LogP) is 2.48. The van der Waals surface area contributed by atoms with Gasteiger partial charge in [0.15, 0.2) is 0 Å². The van der Waals surface area contributed by atoms with Gasteiger partial charge in [-0.25, -0.2) is 17.7 Å². The van der Waals surface area contributed by atoms with E-state index in [9.17, 15) is 35.6 Å². The van der Waals surface area contributed by atoms with Gasteiger partial charge in [0, 0.05) is 26.2 Å². The number of alkyl halides is 3.